The van der Waals surface area contributed by atoms with Crippen LogP contribution in [0.4, 0.5) is 0 Å². The van der Waals surface area contributed by atoms with Crippen molar-refractivity contribution < 1.29 is 21.6 Å². The fraction of sp³-hybridized carbons (Fsp3) is 0.429. The first-order chi connectivity index (χ1) is 13.9. The van der Waals surface area contributed by atoms with Gasteiger partial charge in [-0.3, -0.25) is 0 Å². The summed E-state index contributed by atoms with van der Waals surface area (Å²) in [7, 11) is -6.97. The number of ether oxygens (including phenoxy) is 1. The lowest BCUT2D eigenvalue weighted by molar-refractivity contribution is 0.245. The summed E-state index contributed by atoms with van der Waals surface area (Å²) in [6.45, 7) is 0.0774. The predicted molar refractivity (Wildman–Crippen MR) is 111 cm³/mol. The van der Waals surface area contributed by atoms with Crippen LogP contribution in [0.3, 0.4) is 0 Å². The van der Waals surface area contributed by atoms with Crippen LogP contribution < -0.4 is 4.74 Å². The number of sulfone groups is 1. The number of nitrogens with zero attached hydrogens (tertiary/aromatic N) is 1. The predicted octanol–water partition coefficient (Wildman–Crippen LogP) is 2.86. The first-order valence-electron chi connectivity index (χ1n) is 9.86. The maximum Gasteiger partial charge on any atom is 0.217 e. The molecule has 0 radical (unpaired) electrons. The topological polar surface area (TPSA) is 80.8 Å². The van der Waals surface area contributed by atoms with Crippen LogP contribution in [0.25, 0.3) is 0 Å². The summed E-state index contributed by atoms with van der Waals surface area (Å²) in [6.07, 6.45) is 2.13. The minimum absolute atomic E-state index is 0.0774. The first-order valence-corrected chi connectivity index (χ1v) is 13.0. The molecule has 8 heteroatoms. The molecular formula is C21H25NO5S2. The largest absolute Gasteiger partial charge is 0.492 e. The molecular weight excluding hydrogens is 410 g/mol. The number of benzene rings is 2. The average molecular weight is 436 g/mol. The van der Waals surface area contributed by atoms with Gasteiger partial charge in [0.1, 0.15) is 12.4 Å². The highest BCUT2D eigenvalue weighted by Gasteiger charge is 2.49. The third-order valence-corrected chi connectivity index (χ3v) is 9.92. The van der Waals surface area contributed by atoms with Crippen molar-refractivity contribution in [3.8, 4) is 5.75 Å². The van der Waals surface area contributed by atoms with Crippen LogP contribution in [0.15, 0.2) is 65.6 Å². The zero-order valence-electron chi connectivity index (χ0n) is 16.1. The van der Waals surface area contributed by atoms with E-state index in [0.29, 0.717) is 36.3 Å². The van der Waals surface area contributed by atoms with E-state index in [-0.39, 0.29) is 24.4 Å². The number of fused-ring (bicyclic) bond motifs is 2. The Hall–Kier alpha value is -1.90. The second kappa shape index (κ2) is 8.08. The van der Waals surface area contributed by atoms with Gasteiger partial charge in [0.25, 0.3) is 0 Å². The van der Waals surface area contributed by atoms with Crippen LogP contribution in [0.2, 0.25) is 0 Å². The van der Waals surface area contributed by atoms with Crippen molar-refractivity contribution >= 4 is 19.9 Å². The molecule has 2 aliphatic heterocycles. The van der Waals surface area contributed by atoms with Crippen LogP contribution in [-0.4, -0.2) is 50.8 Å². The molecule has 0 saturated carbocycles. The SMILES string of the molecule is O=S(=O)(c1ccccc1)C1CC2CCC(C1)N2S(=O)(=O)CCOc1ccccc1. The van der Waals surface area contributed by atoms with Crippen molar-refractivity contribution in [2.75, 3.05) is 12.4 Å². The van der Waals surface area contributed by atoms with E-state index in [9.17, 15) is 16.8 Å². The molecule has 0 amide bonds. The number of para-hydroxylation sites is 1. The Bertz CT molecular complexity index is 1020. The number of piperidine rings is 1. The third-order valence-electron chi connectivity index (χ3n) is 5.81. The van der Waals surface area contributed by atoms with Crippen LogP contribution in [0.1, 0.15) is 25.7 Å². The van der Waals surface area contributed by atoms with Gasteiger partial charge in [-0.2, -0.15) is 4.31 Å². The van der Waals surface area contributed by atoms with E-state index in [1.807, 2.05) is 18.2 Å². The molecule has 4 rings (SSSR count). The van der Waals surface area contributed by atoms with Crippen molar-refractivity contribution in [1.82, 2.24) is 4.31 Å². The highest BCUT2D eigenvalue weighted by atomic mass is 32.2. The molecule has 2 heterocycles. The highest BCUT2D eigenvalue weighted by molar-refractivity contribution is 7.92. The maximum absolute atomic E-state index is 13.0. The molecule has 0 spiro atoms. The van der Waals surface area contributed by atoms with Gasteiger partial charge in [0.05, 0.1) is 15.9 Å². The van der Waals surface area contributed by atoms with Crippen molar-refractivity contribution in [2.24, 2.45) is 0 Å². The minimum Gasteiger partial charge on any atom is -0.492 e. The van der Waals surface area contributed by atoms with Gasteiger partial charge in [0.2, 0.25) is 10.0 Å². The summed E-state index contributed by atoms with van der Waals surface area (Å²) >= 11 is 0. The van der Waals surface area contributed by atoms with Crippen molar-refractivity contribution in [3.05, 3.63) is 60.7 Å². The Morgan fingerprint density at radius 3 is 1.97 bits per heavy atom. The summed E-state index contributed by atoms with van der Waals surface area (Å²) < 4.78 is 59.0. The Balaban J connectivity index is 1.43. The summed E-state index contributed by atoms with van der Waals surface area (Å²) in [5.41, 5.74) is 0. The Morgan fingerprint density at radius 1 is 0.828 bits per heavy atom. The molecule has 0 aliphatic carbocycles. The molecule has 2 fully saturated rings. The molecule has 29 heavy (non-hydrogen) atoms. The lowest BCUT2D eigenvalue weighted by atomic mass is 10.1. The van der Waals surface area contributed by atoms with Crippen LogP contribution in [0.5, 0.6) is 5.75 Å². The van der Waals surface area contributed by atoms with E-state index in [2.05, 4.69) is 0 Å². The van der Waals surface area contributed by atoms with Crippen LogP contribution in [-0.2, 0) is 19.9 Å². The van der Waals surface area contributed by atoms with E-state index >= 15 is 0 Å². The van der Waals surface area contributed by atoms with E-state index < -0.39 is 25.1 Å². The number of hydrogen-bond acceptors (Lipinski definition) is 5. The monoisotopic (exact) mass is 435 g/mol. The number of hydrogen-bond donors (Lipinski definition) is 0. The molecule has 2 saturated heterocycles. The highest BCUT2D eigenvalue weighted by Crippen LogP contribution is 2.41. The molecule has 2 unspecified atom stereocenters. The Morgan fingerprint density at radius 2 is 1.38 bits per heavy atom. The molecule has 0 aromatic heterocycles. The lowest BCUT2D eigenvalue weighted by Gasteiger charge is -2.37. The number of rotatable bonds is 7. The molecule has 0 N–H and O–H groups in total. The third kappa shape index (κ3) is 4.20. The van der Waals surface area contributed by atoms with Gasteiger partial charge in [-0.05, 0) is 49.9 Å². The summed E-state index contributed by atoms with van der Waals surface area (Å²) in [4.78, 5) is 0.317. The van der Waals surface area contributed by atoms with Crippen molar-refractivity contribution in [2.45, 2.75) is 47.9 Å². The Kier molecular flexibility index (Phi) is 5.68. The second-order valence-corrected chi connectivity index (χ2v) is 11.9. The summed E-state index contributed by atoms with van der Waals surface area (Å²) in [6, 6.07) is 17.1. The molecule has 2 aliphatic rings. The quantitative estimate of drug-likeness (QED) is 0.668. The van der Waals surface area contributed by atoms with Gasteiger partial charge in [-0.25, -0.2) is 16.8 Å². The number of sulfonamides is 1. The van der Waals surface area contributed by atoms with Gasteiger partial charge in [-0.1, -0.05) is 36.4 Å². The lowest BCUT2D eigenvalue weighted by Crippen LogP contribution is -2.50. The summed E-state index contributed by atoms with van der Waals surface area (Å²) in [5, 5.41) is -0.533. The zero-order valence-corrected chi connectivity index (χ0v) is 17.7. The second-order valence-electron chi connectivity index (χ2n) is 7.64. The fourth-order valence-electron chi connectivity index (χ4n) is 4.48. The molecule has 2 aromatic rings. The van der Waals surface area contributed by atoms with Crippen LogP contribution in [0, 0.1) is 0 Å². The molecule has 2 aromatic carbocycles. The van der Waals surface area contributed by atoms with Crippen molar-refractivity contribution in [1.29, 1.82) is 0 Å². The van der Waals surface area contributed by atoms with Crippen LogP contribution >= 0.6 is 0 Å². The molecule has 6 nitrogen and oxygen atoms in total. The van der Waals surface area contributed by atoms with E-state index in [4.69, 9.17) is 4.74 Å². The maximum atomic E-state index is 13.0. The van der Waals surface area contributed by atoms with Gasteiger partial charge < -0.3 is 4.74 Å². The fourth-order valence-corrected chi connectivity index (χ4v) is 8.15. The minimum atomic E-state index is -3.51. The van der Waals surface area contributed by atoms with E-state index in [0.717, 1.165) is 0 Å². The molecule has 2 bridgehead atoms. The zero-order chi connectivity index (χ0) is 20.5. The van der Waals surface area contributed by atoms with Crippen molar-refractivity contribution in [3.63, 3.8) is 0 Å². The first kappa shape index (κ1) is 20.4. The van der Waals surface area contributed by atoms with Gasteiger partial charge in [0.15, 0.2) is 9.84 Å². The van der Waals surface area contributed by atoms with E-state index in [1.54, 1.807) is 46.8 Å². The molecule has 2 atom stereocenters. The standard InChI is InChI=1S/C21H25NO5S2/c23-28(24,14-13-27-19-7-3-1-4-8-19)22-17-11-12-18(22)16-21(15-17)29(25,26)20-9-5-2-6-10-20/h1-10,17-18,21H,11-16H2. The van der Waals surface area contributed by atoms with Gasteiger partial charge in [-0.15, -0.1) is 0 Å². The summed E-state index contributed by atoms with van der Waals surface area (Å²) in [5.74, 6) is 0.531. The van der Waals surface area contributed by atoms with Gasteiger partial charge in [0, 0.05) is 12.1 Å². The molecule has 156 valence electrons. The smallest absolute Gasteiger partial charge is 0.217 e. The average Bonchev–Trinajstić information content (AvgIpc) is 3.00. The normalized spacial score (nSPS) is 25.0. The Labute approximate surface area is 172 Å². The van der Waals surface area contributed by atoms with Gasteiger partial charge >= 0.3 is 0 Å². The van der Waals surface area contributed by atoms with E-state index in [1.165, 1.54) is 0 Å².